The molecule has 0 unspecified atom stereocenters. The molecule has 146 valence electrons. The van der Waals surface area contributed by atoms with Crippen LogP contribution in [0.2, 0.25) is 0 Å². The number of ether oxygens (including phenoxy) is 1. The van der Waals surface area contributed by atoms with E-state index in [0.717, 1.165) is 26.1 Å². The Hall–Kier alpha value is -2.16. The Labute approximate surface area is 159 Å². The third-order valence-corrected chi connectivity index (χ3v) is 6.23. The number of H-pyrrole nitrogens is 1. The number of carbonyl (C=O) groups excluding carboxylic acids is 1. The van der Waals surface area contributed by atoms with Gasteiger partial charge in [-0.2, -0.15) is 0 Å². The molecular weight excluding hydrogens is 366 g/mol. The van der Waals surface area contributed by atoms with Gasteiger partial charge in [-0.25, -0.2) is 17.9 Å². The largest absolute Gasteiger partial charge is 0.464 e. The molecule has 0 radical (unpaired) electrons. The zero-order chi connectivity index (χ0) is 19.4. The van der Waals surface area contributed by atoms with Crippen molar-refractivity contribution >= 4 is 16.0 Å². The normalized spacial score (nSPS) is 17.9. The van der Waals surface area contributed by atoms with Gasteiger partial charge in [0, 0.05) is 25.8 Å². The standard InChI is InChI=1S/C19H25N3O4S/c1-14-3-5-15(6-4-14)12-22-8-7-16(13-22)10-21-27(24,25)17-9-18(20-11-17)19(23)26-2/h3-6,9,11,16,20-21H,7-8,10,12-13H2,1-2H3/t16-/m1/s1. The number of aromatic amines is 1. The van der Waals surface area contributed by atoms with Crippen molar-refractivity contribution in [3.63, 3.8) is 0 Å². The first-order chi connectivity index (χ1) is 12.9. The Balaban J connectivity index is 1.52. The number of hydrogen-bond acceptors (Lipinski definition) is 5. The van der Waals surface area contributed by atoms with Crippen molar-refractivity contribution in [2.45, 2.75) is 24.8 Å². The second-order valence-corrected chi connectivity index (χ2v) is 8.73. The van der Waals surface area contributed by atoms with Gasteiger partial charge in [0.2, 0.25) is 10.0 Å². The number of hydrogen-bond donors (Lipinski definition) is 2. The number of nitrogens with zero attached hydrogens (tertiary/aromatic N) is 1. The summed E-state index contributed by atoms with van der Waals surface area (Å²) < 4.78 is 32.1. The SMILES string of the molecule is COC(=O)c1cc(S(=O)(=O)NC[C@H]2CCN(Cc3ccc(C)cc3)C2)c[nH]1. The summed E-state index contributed by atoms with van der Waals surface area (Å²) in [6.45, 7) is 5.14. The Kier molecular flexibility index (Phi) is 5.98. The zero-order valence-electron chi connectivity index (χ0n) is 15.6. The van der Waals surface area contributed by atoms with E-state index in [0.29, 0.717) is 6.54 Å². The number of likely N-dealkylation sites (tertiary alicyclic amines) is 1. The van der Waals surface area contributed by atoms with Crippen LogP contribution in [0.4, 0.5) is 0 Å². The lowest BCUT2D eigenvalue weighted by atomic mass is 10.1. The molecule has 1 atom stereocenters. The van der Waals surface area contributed by atoms with Crippen molar-refractivity contribution < 1.29 is 17.9 Å². The maximum atomic E-state index is 12.4. The fourth-order valence-corrected chi connectivity index (χ4v) is 4.35. The summed E-state index contributed by atoms with van der Waals surface area (Å²) in [5.41, 5.74) is 2.63. The van der Waals surface area contributed by atoms with Gasteiger partial charge in [0.25, 0.3) is 0 Å². The van der Waals surface area contributed by atoms with Crippen LogP contribution >= 0.6 is 0 Å². The summed E-state index contributed by atoms with van der Waals surface area (Å²) in [7, 11) is -2.41. The van der Waals surface area contributed by atoms with Crippen molar-refractivity contribution in [2.75, 3.05) is 26.7 Å². The molecule has 0 amide bonds. The lowest BCUT2D eigenvalue weighted by Gasteiger charge is -2.16. The zero-order valence-corrected chi connectivity index (χ0v) is 16.4. The molecule has 0 aliphatic carbocycles. The summed E-state index contributed by atoms with van der Waals surface area (Å²) in [5.74, 6) is -0.330. The third kappa shape index (κ3) is 4.97. The molecule has 2 heterocycles. The second-order valence-electron chi connectivity index (χ2n) is 6.97. The Morgan fingerprint density at radius 1 is 1.33 bits per heavy atom. The summed E-state index contributed by atoms with van der Waals surface area (Å²) in [4.78, 5) is 16.5. The van der Waals surface area contributed by atoms with E-state index in [1.54, 1.807) is 0 Å². The summed E-state index contributed by atoms with van der Waals surface area (Å²) >= 11 is 0. The Morgan fingerprint density at radius 2 is 2.07 bits per heavy atom. The van der Waals surface area contributed by atoms with E-state index in [9.17, 15) is 13.2 Å². The van der Waals surface area contributed by atoms with Crippen LogP contribution in [-0.4, -0.2) is 51.0 Å². The quantitative estimate of drug-likeness (QED) is 0.704. The van der Waals surface area contributed by atoms with Gasteiger partial charge in [0.1, 0.15) is 10.6 Å². The monoisotopic (exact) mass is 391 g/mol. The average Bonchev–Trinajstić information content (AvgIpc) is 3.31. The van der Waals surface area contributed by atoms with Gasteiger partial charge in [-0.1, -0.05) is 29.8 Å². The average molecular weight is 391 g/mol. The highest BCUT2D eigenvalue weighted by Gasteiger charge is 2.25. The van der Waals surface area contributed by atoms with E-state index in [4.69, 9.17) is 0 Å². The van der Waals surface area contributed by atoms with Crippen molar-refractivity contribution in [2.24, 2.45) is 5.92 Å². The first-order valence-electron chi connectivity index (χ1n) is 8.91. The number of benzene rings is 1. The minimum atomic E-state index is -3.66. The van der Waals surface area contributed by atoms with Crippen LogP contribution in [0, 0.1) is 12.8 Å². The highest BCUT2D eigenvalue weighted by Crippen LogP contribution is 2.19. The number of aryl methyl sites for hydroxylation is 1. The molecule has 2 aromatic rings. The van der Waals surface area contributed by atoms with Gasteiger partial charge >= 0.3 is 5.97 Å². The molecule has 1 fully saturated rings. The predicted molar refractivity (Wildman–Crippen MR) is 102 cm³/mol. The molecule has 0 bridgehead atoms. The molecular formula is C19H25N3O4S. The van der Waals surface area contributed by atoms with Crippen molar-refractivity contribution in [1.82, 2.24) is 14.6 Å². The Bertz CT molecular complexity index is 890. The number of carbonyl (C=O) groups is 1. The molecule has 27 heavy (non-hydrogen) atoms. The fraction of sp³-hybridized carbons (Fsp3) is 0.421. The van der Waals surface area contributed by atoms with E-state index in [2.05, 4.69) is 50.5 Å². The smallest absolute Gasteiger partial charge is 0.354 e. The molecule has 1 aliphatic rings. The van der Waals surface area contributed by atoms with E-state index < -0.39 is 16.0 Å². The van der Waals surface area contributed by atoms with Gasteiger partial charge in [0.05, 0.1) is 7.11 Å². The van der Waals surface area contributed by atoms with Gasteiger partial charge in [-0.3, -0.25) is 4.90 Å². The van der Waals surface area contributed by atoms with Crippen LogP contribution in [0.25, 0.3) is 0 Å². The molecule has 3 rings (SSSR count). The summed E-state index contributed by atoms with van der Waals surface area (Å²) in [6, 6.07) is 9.77. The molecule has 7 nitrogen and oxygen atoms in total. The maximum absolute atomic E-state index is 12.4. The molecule has 0 spiro atoms. The summed E-state index contributed by atoms with van der Waals surface area (Å²) in [6.07, 6.45) is 2.25. The number of nitrogens with one attached hydrogen (secondary N) is 2. The van der Waals surface area contributed by atoms with Crippen molar-refractivity contribution in [3.05, 3.63) is 53.3 Å². The van der Waals surface area contributed by atoms with Gasteiger partial charge < -0.3 is 9.72 Å². The molecule has 0 saturated carbocycles. The first-order valence-corrected chi connectivity index (χ1v) is 10.4. The van der Waals surface area contributed by atoms with E-state index in [-0.39, 0.29) is 16.5 Å². The van der Waals surface area contributed by atoms with Gasteiger partial charge in [-0.15, -0.1) is 0 Å². The van der Waals surface area contributed by atoms with Crippen LogP contribution in [0.5, 0.6) is 0 Å². The number of aromatic nitrogens is 1. The number of esters is 1. The minimum absolute atomic E-state index is 0.0393. The van der Waals surface area contributed by atoms with E-state index in [1.165, 1.54) is 30.5 Å². The third-order valence-electron chi connectivity index (χ3n) is 4.83. The first kappa shape index (κ1) is 19.6. The molecule has 1 aromatic carbocycles. The van der Waals surface area contributed by atoms with Crippen molar-refractivity contribution in [3.8, 4) is 0 Å². The van der Waals surface area contributed by atoms with Crippen LogP contribution < -0.4 is 4.72 Å². The van der Waals surface area contributed by atoms with Crippen LogP contribution in [0.1, 0.15) is 28.0 Å². The lowest BCUT2D eigenvalue weighted by molar-refractivity contribution is 0.0594. The fourth-order valence-electron chi connectivity index (χ4n) is 3.24. The topological polar surface area (TPSA) is 91.5 Å². The van der Waals surface area contributed by atoms with Crippen LogP contribution in [-0.2, 0) is 21.3 Å². The lowest BCUT2D eigenvalue weighted by Crippen LogP contribution is -2.30. The minimum Gasteiger partial charge on any atom is -0.464 e. The Morgan fingerprint density at radius 3 is 2.78 bits per heavy atom. The molecule has 1 aromatic heterocycles. The van der Waals surface area contributed by atoms with Crippen molar-refractivity contribution in [1.29, 1.82) is 0 Å². The highest BCUT2D eigenvalue weighted by atomic mass is 32.2. The van der Waals surface area contributed by atoms with E-state index >= 15 is 0 Å². The molecule has 8 heteroatoms. The number of methoxy groups -OCH3 is 1. The summed E-state index contributed by atoms with van der Waals surface area (Å²) in [5, 5.41) is 0. The van der Waals surface area contributed by atoms with Gasteiger partial charge in [0.15, 0.2) is 0 Å². The number of sulfonamides is 1. The second kappa shape index (κ2) is 8.24. The molecule has 1 saturated heterocycles. The van der Waals surface area contributed by atoms with Gasteiger partial charge in [-0.05, 0) is 37.4 Å². The molecule has 2 N–H and O–H groups in total. The molecule has 1 aliphatic heterocycles. The predicted octanol–water partition coefficient (Wildman–Crippen LogP) is 1.91. The van der Waals surface area contributed by atoms with E-state index in [1.807, 2.05) is 0 Å². The highest BCUT2D eigenvalue weighted by molar-refractivity contribution is 7.89. The number of rotatable bonds is 7. The van der Waals surface area contributed by atoms with Crippen LogP contribution in [0.15, 0.2) is 41.4 Å². The maximum Gasteiger partial charge on any atom is 0.354 e. The van der Waals surface area contributed by atoms with Crippen LogP contribution in [0.3, 0.4) is 0 Å².